The van der Waals surface area contributed by atoms with Crippen LogP contribution < -0.4 is 20.3 Å². The largest absolute Gasteiger partial charge is 0.495 e. The number of hydrogen-bond donors (Lipinski definition) is 2. The molecule has 8 heteroatoms. The second kappa shape index (κ2) is 10.7. The predicted octanol–water partition coefficient (Wildman–Crippen LogP) is 8.19. The zero-order valence-electron chi connectivity index (χ0n) is 23.5. The number of halogens is 1. The first kappa shape index (κ1) is 27.1. The van der Waals surface area contributed by atoms with Crippen LogP contribution in [0, 0.1) is 5.41 Å². The van der Waals surface area contributed by atoms with Gasteiger partial charge in [0.15, 0.2) is 5.82 Å². The fourth-order valence-corrected chi connectivity index (χ4v) is 7.43. The van der Waals surface area contributed by atoms with Gasteiger partial charge in [0, 0.05) is 39.1 Å². The lowest BCUT2D eigenvalue weighted by Gasteiger charge is -2.45. The Balaban J connectivity index is 1.49. The number of nitrogens with one attached hydrogen (secondary N) is 2. The number of piperidine rings is 1. The Hall–Kier alpha value is -3.13. The summed E-state index contributed by atoms with van der Waals surface area (Å²) in [7, 11) is 1.75. The van der Waals surface area contributed by atoms with Crippen molar-refractivity contribution in [3.05, 3.63) is 77.3 Å². The number of benzene rings is 3. The highest BCUT2D eigenvalue weighted by Gasteiger charge is 2.55. The molecular weight excluding hydrogens is 538 g/mol. The number of anilines is 4. The standard InChI is InChI=1S/C32H36ClN5OS/c1-31(2,3)20-26-32(16-18-34-19-17-32)27-22(33)14-15-25(39-4)28(27)38(26)24-13-9-8-12-23(24)35-30-36-29(37-40-30)21-10-6-5-7-11-21/h5-15,26,34H,16-20H2,1-4H3,(H,35,36,37). The molecule has 0 amide bonds. The molecule has 208 valence electrons. The Morgan fingerprint density at radius 3 is 2.50 bits per heavy atom. The molecule has 0 radical (unpaired) electrons. The molecule has 6 rings (SSSR count). The van der Waals surface area contributed by atoms with Crippen molar-refractivity contribution in [1.82, 2.24) is 14.7 Å². The number of ether oxygens (including phenoxy) is 1. The van der Waals surface area contributed by atoms with Gasteiger partial charge in [0.2, 0.25) is 5.13 Å². The average molecular weight is 574 g/mol. The summed E-state index contributed by atoms with van der Waals surface area (Å²) in [4.78, 5) is 7.33. The summed E-state index contributed by atoms with van der Waals surface area (Å²) in [5.74, 6) is 1.58. The summed E-state index contributed by atoms with van der Waals surface area (Å²) in [6.07, 6.45) is 3.06. The number of rotatable bonds is 6. The van der Waals surface area contributed by atoms with Gasteiger partial charge in [0.05, 0.1) is 24.2 Å². The molecule has 1 fully saturated rings. The van der Waals surface area contributed by atoms with Gasteiger partial charge in [-0.2, -0.15) is 9.36 Å². The third kappa shape index (κ3) is 4.84. The molecule has 3 heterocycles. The van der Waals surface area contributed by atoms with E-state index in [2.05, 4.69) is 64.9 Å². The van der Waals surface area contributed by atoms with Crippen molar-refractivity contribution in [2.24, 2.45) is 5.41 Å². The molecule has 6 nitrogen and oxygen atoms in total. The molecule has 1 unspecified atom stereocenters. The van der Waals surface area contributed by atoms with Gasteiger partial charge in [0.25, 0.3) is 0 Å². The molecule has 1 saturated heterocycles. The lowest BCUT2D eigenvalue weighted by Crippen LogP contribution is -2.50. The van der Waals surface area contributed by atoms with Crippen molar-refractivity contribution in [2.45, 2.75) is 51.5 Å². The molecule has 2 aliphatic heterocycles. The number of nitrogens with zero attached hydrogens (tertiary/aromatic N) is 3. The summed E-state index contributed by atoms with van der Waals surface area (Å²) < 4.78 is 10.7. The van der Waals surface area contributed by atoms with E-state index in [1.165, 1.54) is 17.1 Å². The van der Waals surface area contributed by atoms with Gasteiger partial charge in [0.1, 0.15) is 5.75 Å². The van der Waals surface area contributed by atoms with E-state index in [0.29, 0.717) is 0 Å². The predicted molar refractivity (Wildman–Crippen MR) is 167 cm³/mol. The van der Waals surface area contributed by atoms with E-state index in [0.717, 1.165) is 76.7 Å². The Morgan fingerprint density at radius 1 is 1.05 bits per heavy atom. The summed E-state index contributed by atoms with van der Waals surface area (Å²) in [6, 6.07) is 22.8. The molecule has 3 aromatic carbocycles. The molecule has 2 N–H and O–H groups in total. The number of fused-ring (bicyclic) bond motifs is 2. The van der Waals surface area contributed by atoms with Crippen LogP contribution >= 0.6 is 23.1 Å². The third-order valence-corrected chi connectivity index (χ3v) is 9.11. The molecule has 4 aromatic rings. The van der Waals surface area contributed by atoms with E-state index in [9.17, 15) is 0 Å². The zero-order chi connectivity index (χ0) is 27.9. The van der Waals surface area contributed by atoms with Crippen LogP contribution in [0.2, 0.25) is 5.02 Å². The minimum absolute atomic E-state index is 0.0875. The molecule has 1 spiro atoms. The van der Waals surface area contributed by atoms with E-state index in [-0.39, 0.29) is 16.9 Å². The molecular formula is C32H36ClN5OS. The monoisotopic (exact) mass is 573 g/mol. The average Bonchev–Trinajstić information content (AvgIpc) is 3.51. The van der Waals surface area contributed by atoms with Gasteiger partial charge in [-0.3, -0.25) is 0 Å². The molecule has 40 heavy (non-hydrogen) atoms. The SMILES string of the molecule is COc1ccc(Cl)c2c1N(c1ccccc1Nc1nc(-c3ccccc3)ns1)C(CC(C)(C)C)C21CCNCC1. The minimum Gasteiger partial charge on any atom is -0.495 e. The molecule has 1 aromatic heterocycles. The topological polar surface area (TPSA) is 62.3 Å². The van der Waals surface area contributed by atoms with Gasteiger partial charge in [-0.05, 0) is 62.0 Å². The maximum atomic E-state index is 7.11. The Morgan fingerprint density at radius 2 is 1.77 bits per heavy atom. The van der Waals surface area contributed by atoms with E-state index in [4.69, 9.17) is 21.3 Å². The Kier molecular flexibility index (Phi) is 7.23. The Labute approximate surface area is 245 Å². The third-order valence-electron chi connectivity index (χ3n) is 8.16. The second-order valence-electron chi connectivity index (χ2n) is 12.0. The second-order valence-corrected chi connectivity index (χ2v) is 13.1. The number of methoxy groups -OCH3 is 1. The molecule has 2 aliphatic rings. The van der Waals surface area contributed by atoms with Gasteiger partial charge < -0.3 is 20.3 Å². The van der Waals surface area contributed by atoms with Gasteiger partial charge >= 0.3 is 0 Å². The van der Waals surface area contributed by atoms with Crippen molar-refractivity contribution in [2.75, 3.05) is 30.4 Å². The number of hydrogen-bond acceptors (Lipinski definition) is 7. The number of para-hydroxylation sites is 2. The minimum atomic E-state index is -0.0875. The molecule has 0 bridgehead atoms. The highest BCUT2D eigenvalue weighted by molar-refractivity contribution is 7.10. The van der Waals surface area contributed by atoms with E-state index >= 15 is 0 Å². The molecule has 0 saturated carbocycles. The summed E-state index contributed by atoms with van der Waals surface area (Å²) in [5.41, 5.74) is 5.40. The first-order valence-corrected chi connectivity index (χ1v) is 15.1. The Bertz CT molecular complexity index is 1490. The first-order chi connectivity index (χ1) is 19.3. The fraction of sp³-hybridized carbons (Fsp3) is 0.375. The lowest BCUT2D eigenvalue weighted by molar-refractivity contribution is 0.216. The molecule has 1 atom stereocenters. The van der Waals surface area contributed by atoms with Crippen LogP contribution in [-0.4, -0.2) is 35.6 Å². The van der Waals surface area contributed by atoms with Crippen LogP contribution in [0.15, 0.2) is 66.7 Å². The van der Waals surface area contributed by atoms with Crippen LogP contribution in [0.4, 0.5) is 22.2 Å². The summed E-state index contributed by atoms with van der Waals surface area (Å²) in [6.45, 7) is 8.93. The van der Waals surface area contributed by atoms with Crippen LogP contribution in [0.5, 0.6) is 5.75 Å². The quantitative estimate of drug-likeness (QED) is 0.242. The van der Waals surface area contributed by atoms with Gasteiger partial charge in [-0.25, -0.2) is 0 Å². The first-order valence-electron chi connectivity index (χ1n) is 13.9. The van der Waals surface area contributed by atoms with Crippen molar-refractivity contribution >= 4 is 45.3 Å². The van der Waals surface area contributed by atoms with Crippen LogP contribution in [0.1, 0.15) is 45.6 Å². The maximum Gasteiger partial charge on any atom is 0.207 e. The van der Waals surface area contributed by atoms with Crippen molar-refractivity contribution in [3.8, 4) is 17.1 Å². The maximum absolute atomic E-state index is 7.11. The lowest BCUT2D eigenvalue weighted by atomic mass is 9.66. The van der Waals surface area contributed by atoms with Crippen LogP contribution in [0.25, 0.3) is 11.4 Å². The van der Waals surface area contributed by atoms with Gasteiger partial charge in [-0.1, -0.05) is 74.8 Å². The van der Waals surface area contributed by atoms with E-state index in [1.54, 1.807) is 7.11 Å². The van der Waals surface area contributed by atoms with Crippen LogP contribution in [0.3, 0.4) is 0 Å². The normalized spacial score (nSPS) is 18.1. The van der Waals surface area contributed by atoms with E-state index < -0.39 is 0 Å². The zero-order valence-corrected chi connectivity index (χ0v) is 25.1. The number of aromatic nitrogens is 2. The van der Waals surface area contributed by atoms with Crippen molar-refractivity contribution in [3.63, 3.8) is 0 Å². The highest BCUT2D eigenvalue weighted by atomic mass is 35.5. The smallest absolute Gasteiger partial charge is 0.207 e. The highest BCUT2D eigenvalue weighted by Crippen LogP contribution is 2.61. The fourth-order valence-electron chi connectivity index (χ4n) is 6.49. The molecule has 0 aliphatic carbocycles. The van der Waals surface area contributed by atoms with Crippen molar-refractivity contribution in [1.29, 1.82) is 0 Å². The van der Waals surface area contributed by atoms with Gasteiger partial charge in [-0.15, -0.1) is 0 Å². The summed E-state index contributed by atoms with van der Waals surface area (Å²) in [5, 5.41) is 8.79. The van der Waals surface area contributed by atoms with Crippen LogP contribution in [-0.2, 0) is 5.41 Å². The van der Waals surface area contributed by atoms with E-state index in [1.807, 2.05) is 42.5 Å². The summed E-state index contributed by atoms with van der Waals surface area (Å²) >= 11 is 8.48. The van der Waals surface area contributed by atoms with Crippen molar-refractivity contribution < 1.29 is 4.74 Å².